The van der Waals surface area contributed by atoms with E-state index in [0.29, 0.717) is 24.0 Å². The van der Waals surface area contributed by atoms with Crippen LogP contribution in [0.4, 0.5) is 0 Å². The highest BCUT2D eigenvalue weighted by atomic mass is 16.5. The minimum Gasteiger partial charge on any atom is -0.381 e. The Kier molecular flexibility index (Phi) is 8.44. The summed E-state index contributed by atoms with van der Waals surface area (Å²) in [7, 11) is 1.57. The second kappa shape index (κ2) is 12.1. The number of amides is 2. The molecule has 2 aromatic heterocycles. The SMILES string of the molecule is CNC(=O)c1cn(CCCCC2=CC=C(NC(=O)Cc3cc(C4CCOCC4)ccn3)NN2)nn1. The number of hydrogen-bond donors (Lipinski definition) is 4. The summed E-state index contributed by atoms with van der Waals surface area (Å²) in [4.78, 5) is 28.4. The molecule has 186 valence electrons. The number of carbonyl (C=O) groups is 2. The molecule has 0 saturated carbocycles. The van der Waals surface area contributed by atoms with E-state index in [4.69, 9.17) is 4.74 Å². The van der Waals surface area contributed by atoms with Crippen molar-refractivity contribution in [1.82, 2.24) is 41.5 Å². The summed E-state index contributed by atoms with van der Waals surface area (Å²) in [6.45, 7) is 2.26. The van der Waals surface area contributed by atoms with Crippen molar-refractivity contribution in [3.05, 3.63) is 65.1 Å². The molecule has 0 spiro atoms. The molecule has 0 aromatic carbocycles. The fraction of sp³-hybridized carbons (Fsp3) is 0.458. The Morgan fingerprint density at radius 3 is 2.83 bits per heavy atom. The van der Waals surface area contributed by atoms with E-state index in [1.54, 1.807) is 24.1 Å². The van der Waals surface area contributed by atoms with Crippen LogP contribution in [-0.2, 0) is 22.5 Å². The largest absolute Gasteiger partial charge is 0.381 e. The Hall–Kier alpha value is -3.73. The topological polar surface area (TPSA) is 135 Å². The maximum absolute atomic E-state index is 12.5. The molecule has 0 unspecified atom stereocenters. The smallest absolute Gasteiger partial charge is 0.273 e. The Morgan fingerprint density at radius 2 is 2.06 bits per heavy atom. The monoisotopic (exact) mass is 480 g/mol. The van der Waals surface area contributed by atoms with Gasteiger partial charge in [-0.3, -0.25) is 24.7 Å². The van der Waals surface area contributed by atoms with Crippen molar-refractivity contribution < 1.29 is 14.3 Å². The van der Waals surface area contributed by atoms with Gasteiger partial charge in [0.05, 0.1) is 12.6 Å². The summed E-state index contributed by atoms with van der Waals surface area (Å²) in [5.41, 5.74) is 9.50. The molecule has 35 heavy (non-hydrogen) atoms. The zero-order chi connectivity index (χ0) is 24.5. The highest BCUT2D eigenvalue weighted by molar-refractivity contribution is 5.91. The van der Waals surface area contributed by atoms with Crippen molar-refractivity contribution in [2.75, 3.05) is 20.3 Å². The lowest BCUT2D eigenvalue weighted by molar-refractivity contribution is -0.119. The zero-order valence-corrected chi connectivity index (χ0v) is 19.9. The fourth-order valence-electron chi connectivity index (χ4n) is 4.10. The van der Waals surface area contributed by atoms with Crippen LogP contribution >= 0.6 is 0 Å². The molecule has 0 bridgehead atoms. The summed E-state index contributed by atoms with van der Waals surface area (Å²) in [6, 6.07) is 4.07. The first-order chi connectivity index (χ1) is 17.1. The molecular formula is C24H32N8O3. The van der Waals surface area contributed by atoms with Gasteiger partial charge in [-0.2, -0.15) is 0 Å². The molecule has 0 atom stereocenters. The first-order valence-electron chi connectivity index (χ1n) is 12.0. The maximum Gasteiger partial charge on any atom is 0.273 e. The van der Waals surface area contributed by atoms with Gasteiger partial charge in [0, 0.05) is 44.4 Å². The number of aryl methyl sites for hydroxylation is 1. The quantitative estimate of drug-likeness (QED) is 0.374. The van der Waals surface area contributed by atoms with Crippen molar-refractivity contribution in [2.24, 2.45) is 0 Å². The van der Waals surface area contributed by atoms with Gasteiger partial charge in [0.15, 0.2) is 5.69 Å². The highest BCUT2D eigenvalue weighted by Gasteiger charge is 2.17. The lowest BCUT2D eigenvalue weighted by Gasteiger charge is -2.22. The number of carbonyl (C=O) groups excluding carboxylic acids is 2. The van der Waals surface area contributed by atoms with Crippen LogP contribution in [0.2, 0.25) is 0 Å². The molecular weight excluding hydrogens is 448 g/mol. The molecule has 2 aromatic rings. The molecule has 0 radical (unpaired) electrons. The van der Waals surface area contributed by atoms with Gasteiger partial charge in [0.2, 0.25) is 5.91 Å². The van der Waals surface area contributed by atoms with Crippen molar-refractivity contribution in [2.45, 2.75) is 51.0 Å². The van der Waals surface area contributed by atoms with E-state index in [1.165, 1.54) is 5.56 Å². The predicted molar refractivity (Wildman–Crippen MR) is 129 cm³/mol. The lowest BCUT2D eigenvalue weighted by Crippen LogP contribution is -2.41. The van der Waals surface area contributed by atoms with E-state index in [1.807, 2.05) is 24.3 Å². The number of rotatable bonds is 10. The summed E-state index contributed by atoms with van der Waals surface area (Å²) < 4.78 is 7.12. The van der Waals surface area contributed by atoms with Gasteiger partial charge in [-0.15, -0.1) is 5.10 Å². The van der Waals surface area contributed by atoms with Crippen molar-refractivity contribution in [3.63, 3.8) is 0 Å². The van der Waals surface area contributed by atoms with E-state index in [9.17, 15) is 9.59 Å². The molecule has 4 rings (SSSR count). The third-order valence-corrected chi connectivity index (χ3v) is 6.04. The molecule has 0 aliphatic carbocycles. The second-order valence-electron chi connectivity index (χ2n) is 8.62. The Bertz CT molecular complexity index is 1090. The Labute approximate surface area is 204 Å². The van der Waals surface area contributed by atoms with Crippen molar-refractivity contribution in [1.29, 1.82) is 0 Å². The number of aromatic nitrogens is 4. The molecule has 1 saturated heterocycles. The molecule has 1 fully saturated rings. The fourth-order valence-corrected chi connectivity index (χ4v) is 4.10. The van der Waals surface area contributed by atoms with Crippen LogP contribution in [0, 0.1) is 0 Å². The first kappa shape index (κ1) is 24.4. The highest BCUT2D eigenvalue weighted by Crippen LogP contribution is 2.26. The van der Waals surface area contributed by atoms with Gasteiger partial charge in [-0.05, 0) is 67.9 Å². The van der Waals surface area contributed by atoms with E-state index in [0.717, 1.165) is 56.7 Å². The van der Waals surface area contributed by atoms with Gasteiger partial charge < -0.3 is 20.8 Å². The van der Waals surface area contributed by atoms with Crippen LogP contribution in [0.15, 0.2) is 48.2 Å². The van der Waals surface area contributed by atoms with Crippen LogP contribution in [0.5, 0.6) is 0 Å². The number of hydrazine groups is 1. The lowest BCUT2D eigenvalue weighted by atomic mass is 9.92. The van der Waals surface area contributed by atoms with Crippen LogP contribution in [0.3, 0.4) is 0 Å². The number of unbranched alkanes of at least 4 members (excludes halogenated alkanes) is 1. The summed E-state index contributed by atoms with van der Waals surface area (Å²) >= 11 is 0. The van der Waals surface area contributed by atoms with Crippen LogP contribution < -0.4 is 21.5 Å². The van der Waals surface area contributed by atoms with Crippen molar-refractivity contribution >= 4 is 11.8 Å². The number of pyridine rings is 1. The van der Waals surface area contributed by atoms with E-state index in [2.05, 4.69) is 36.8 Å². The van der Waals surface area contributed by atoms with Crippen LogP contribution in [-0.4, -0.2) is 52.1 Å². The molecule has 4 N–H and O–H groups in total. The third kappa shape index (κ3) is 7.12. The van der Waals surface area contributed by atoms with E-state index >= 15 is 0 Å². The molecule has 2 aliphatic heterocycles. The predicted octanol–water partition coefficient (Wildman–Crippen LogP) is 1.29. The zero-order valence-electron chi connectivity index (χ0n) is 19.9. The minimum absolute atomic E-state index is 0.122. The van der Waals surface area contributed by atoms with Crippen LogP contribution in [0.25, 0.3) is 0 Å². The number of nitrogens with zero attached hydrogens (tertiary/aromatic N) is 4. The van der Waals surface area contributed by atoms with Crippen molar-refractivity contribution in [3.8, 4) is 0 Å². The number of ether oxygens (including phenoxy) is 1. The van der Waals surface area contributed by atoms with Gasteiger partial charge >= 0.3 is 0 Å². The molecule has 2 aliphatic rings. The van der Waals surface area contributed by atoms with Gasteiger partial charge in [-0.1, -0.05) is 5.21 Å². The summed E-state index contributed by atoms with van der Waals surface area (Å²) in [6.07, 6.45) is 12.1. The molecule has 11 nitrogen and oxygen atoms in total. The van der Waals surface area contributed by atoms with E-state index < -0.39 is 0 Å². The average molecular weight is 481 g/mol. The van der Waals surface area contributed by atoms with Gasteiger partial charge in [0.1, 0.15) is 5.82 Å². The Morgan fingerprint density at radius 1 is 1.20 bits per heavy atom. The maximum atomic E-state index is 12.5. The number of nitrogens with one attached hydrogen (secondary N) is 4. The second-order valence-corrected chi connectivity index (χ2v) is 8.62. The number of allylic oxidation sites excluding steroid dienone is 3. The molecule has 2 amide bonds. The van der Waals surface area contributed by atoms with E-state index in [-0.39, 0.29) is 18.2 Å². The summed E-state index contributed by atoms with van der Waals surface area (Å²) in [5.74, 6) is 0.709. The Balaban J connectivity index is 1.19. The molecule has 4 heterocycles. The average Bonchev–Trinajstić information content (AvgIpc) is 3.37. The van der Waals surface area contributed by atoms with Gasteiger partial charge in [0.25, 0.3) is 5.91 Å². The van der Waals surface area contributed by atoms with Gasteiger partial charge in [-0.25, -0.2) is 0 Å². The normalized spacial score (nSPS) is 15.9. The standard InChI is InChI=1S/C24H32N8O3/c1-25-24(34)21-16-32(31-29-21)11-3-2-4-19-5-6-22(30-28-19)27-23(33)15-20-14-18(7-10-26-20)17-8-12-35-13-9-17/h5-7,10,14,16-17,28,30H,2-4,8-9,11-13,15H2,1H3,(H,25,34)(H,27,33). The first-order valence-corrected chi connectivity index (χ1v) is 12.0. The third-order valence-electron chi connectivity index (χ3n) is 6.04. The van der Waals surface area contributed by atoms with Crippen LogP contribution in [0.1, 0.15) is 59.8 Å². The molecule has 11 heteroatoms. The summed E-state index contributed by atoms with van der Waals surface area (Å²) in [5, 5.41) is 13.2. The number of hydrogen-bond acceptors (Lipinski definition) is 8. The minimum atomic E-state index is -0.242.